The highest BCUT2D eigenvalue weighted by molar-refractivity contribution is 5.90. The van der Waals surface area contributed by atoms with Crippen LogP contribution in [-0.4, -0.2) is 27.5 Å². The molecule has 1 N–H and O–H groups in total. The number of nitrogens with one attached hydrogen (secondary N) is 1. The van der Waals surface area contributed by atoms with Gasteiger partial charge in [0.25, 0.3) is 0 Å². The summed E-state index contributed by atoms with van der Waals surface area (Å²) >= 11 is 0. The molecular weight excluding hydrogens is 232 g/mol. The third kappa shape index (κ3) is 3.00. The van der Waals surface area contributed by atoms with Crippen LogP contribution in [0.25, 0.3) is 0 Å². The average molecular weight is 244 g/mol. The Balaban J connectivity index is 2.15. The molecule has 0 aliphatic heterocycles. The fraction of sp³-hybridized carbons (Fsp3) is 0.167. The molecule has 0 aliphatic rings. The number of esters is 1. The maximum absolute atomic E-state index is 11.5. The van der Waals surface area contributed by atoms with E-state index in [4.69, 9.17) is 4.74 Å². The van der Waals surface area contributed by atoms with Crippen LogP contribution in [0.5, 0.6) is 0 Å². The molecule has 0 atom stereocenters. The van der Waals surface area contributed by atoms with Gasteiger partial charge in [0, 0.05) is 18.6 Å². The van der Waals surface area contributed by atoms with E-state index in [-0.39, 0.29) is 5.97 Å². The zero-order valence-electron chi connectivity index (χ0n) is 9.83. The second-order valence-electron chi connectivity index (χ2n) is 3.35. The minimum absolute atomic E-state index is 0.339. The molecular formula is C12H12N4O2. The van der Waals surface area contributed by atoms with Crippen molar-refractivity contribution in [1.82, 2.24) is 15.0 Å². The van der Waals surface area contributed by atoms with Crippen molar-refractivity contribution in [3.05, 3.63) is 42.4 Å². The van der Waals surface area contributed by atoms with E-state index in [1.54, 1.807) is 37.5 Å². The maximum Gasteiger partial charge on any atom is 0.338 e. The molecule has 2 aromatic heterocycles. The molecule has 6 heteroatoms. The van der Waals surface area contributed by atoms with E-state index in [1.807, 2.05) is 0 Å². The van der Waals surface area contributed by atoms with Crippen molar-refractivity contribution in [2.75, 3.05) is 11.9 Å². The van der Waals surface area contributed by atoms with E-state index in [0.717, 1.165) is 0 Å². The first kappa shape index (κ1) is 12.0. The average Bonchev–Trinajstić information content (AvgIpc) is 2.40. The van der Waals surface area contributed by atoms with E-state index in [0.29, 0.717) is 23.9 Å². The Kier molecular flexibility index (Phi) is 3.80. The molecule has 0 aromatic carbocycles. The Morgan fingerprint density at radius 1 is 1.28 bits per heavy atom. The first-order valence-corrected chi connectivity index (χ1v) is 5.47. The number of nitrogens with zero attached hydrogens (tertiary/aromatic N) is 3. The third-order valence-electron chi connectivity index (χ3n) is 2.08. The van der Waals surface area contributed by atoms with Crippen molar-refractivity contribution < 1.29 is 9.53 Å². The van der Waals surface area contributed by atoms with Crippen LogP contribution in [0.2, 0.25) is 0 Å². The normalized spacial score (nSPS) is 9.83. The summed E-state index contributed by atoms with van der Waals surface area (Å²) < 4.78 is 4.91. The van der Waals surface area contributed by atoms with E-state index in [2.05, 4.69) is 20.3 Å². The van der Waals surface area contributed by atoms with Gasteiger partial charge >= 0.3 is 5.97 Å². The maximum atomic E-state index is 11.5. The van der Waals surface area contributed by atoms with E-state index in [9.17, 15) is 4.79 Å². The summed E-state index contributed by atoms with van der Waals surface area (Å²) in [6.07, 6.45) is 4.76. The van der Waals surface area contributed by atoms with Crippen molar-refractivity contribution in [3.63, 3.8) is 0 Å². The molecule has 0 fully saturated rings. The fourth-order valence-corrected chi connectivity index (χ4v) is 1.32. The van der Waals surface area contributed by atoms with Gasteiger partial charge in [-0.3, -0.25) is 0 Å². The van der Waals surface area contributed by atoms with Gasteiger partial charge in [-0.2, -0.15) is 0 Å². The smallest absolute Gasteiger partial charge is 0.338 e. The Labute approximate surface area is 104 Å². The van der Waals surface area contributed by atoms with Crippen molar-refractivity contribution in [2.45, 2.75) is 6.92 Å². The van der Waals surface area contributed by atoms with E-state index >= 15 is 0 Å². The largest absolute Gasteiger partial charge is 0.462 e. The molecule has 0 saturated heterocycles. The van der Waals surface area contributed by atoms with Gasteiger partial charge in [-0.05, 0) is 25.1 Å². The Morgan fingerprint density at radius 2 is 2.06 bits per heavy atom. The quantitative estimate of drug-likeness (QED) is 0.826. The Hall–Kier alpha value is -2.50. The van der Waals surface area contributed by atoms with Gasteiger partial charge in [-0.15, -0.1) is 0 Å². The molecule has 0 saturated carbocycles. The fourth-order valence-electron chi connectivity index (χ4n) is 1.32. The summed E-state index contributed by atoms with van der Waals surface area (Å²) in [6, 6.07) is 4.90. The number of ether oxygens (including phenoxy) is 1. The molecule has 0 radical (unpaired) electrons. The van der Waals surface area contributed by atoms with Crippen molar-refractivity contribution in [2.24, 2.45) is 0 Å². The highest BCUT2D eigenvalue weighted by atomic mass is 16.5. The predicted molar refractivity (Wildman–Crippen MR) is 65.5 cm³/mol. The zero-order chi connectivity index (χ0) is 12.8. The monoisotopic (exact) mass is 244 g/mol. The number of hydrogen-bond acceptors (Lipinski definition) is 6. The van der Waals surface area contributed by atoms with Crippen LogP contribution in [0.4, 0.5) is 11.8 Å². The van der Waals surface area contributed by atoms with Crippen LogP contribution in [0.3, 0.4) is 0 Å². The minimum Gasteiger partial charge on any atom is -0.462 e. The van der Waals surface area contributed by atoms with Crippen molar-refractivity contribution in [3.8, 4) is 0 Å². The van der Waals surface area contributed by atoms with Crippen LogP contribution in [0.1, 0.15) is 17.3 Å². The molecule has 2 aromatic rings. The predicted octanol–water partition coefficient (Wildman–Crippen LogP) is 1.79. The van der Waals surface area contributed by atoms with E-state index in [1.165, 1.54) is 6.20 Å². The molecule has 0 unspecified atom stereocenters. The van der Waals surface area contributed by atoms with E-state index < -0.39 is 0 Å². The van der Waals surface area contributed by atoms with Crippen LogP contribution in [0, 0.1) is 0 Å². The van der Waals surface area contributed by atoms with Crippen LogP contribution < -0.4 is 5.32 Å². The molecule has 18 heavy (non-hydrogen) atoms. The molecule has 0 aliphatic carbocycles. The Morgan fingerprint density at radius 3 is 2.78 bits per heavy atom. The van der Waals surface area contributed by atoms with Gasteiger partial charge in [0.1, 0.15) is 5.82 Å². The van der Waals surface area contributed by atoms with Gasteiger partial charge in [0.15, 0.2) is 0 Å². The summed E-state index contributed by atoms with van der Waals surface area (Å²) in [4.78, 5) is 23.6. The number of hydrogen-bond donors (Lipinski definition) is 1. The summed E-state index contributed by atoms with van der Waals surface area (Å²) in [7, 11) is 0. The highest BCUT2D eigenvalue weighted by Crippen LogP contribution is 2.11. The standard InChI is InChI=1S/C12H12N4O2/c1-2-18-11(17)9-4-7-13-10(8-9)16-12-14-5-3-6-15-12/h3-8H,2H2,1H3,(H,13,14,15,16). The number of pyridine rings is 1. The molecule has 2 heterocycles. The summed E-state index contributed by atoms with van der Waals surface area (Å²) in [5.41, 5.74) is 0.435. The first-order valence-electron chi connectivity index (χ1n) is 5.47. The molecule has 0 bridgehead atoms. The number of carbonyl (C=O) groups is 1. The van der Waals surface area contributed by atoms with Crippen LogP contribution >= 0.6 is 0 Å². The number of aromatic nitrogens is 3. The Bertz CT molecular complexity index is 531. The highest BCUT2D eigenvalue weighted by Gasteiger charge is 2.07. The topological polar surface area (TPSA) is 77.0 Å². The van der Waals surface area contributed by atoms with Gasteiger partial charge in [-0.25, -0.2) is 19.7 Å². The summed E-state index contributed by atoms with van der Waals surface area (Å²) in [5.74, 6) is 0.537. The molecule has 92 valence electrons. The van der Waals surface area contributed by atoms with Crippen LogP contribution in [0.15, 0.2) is 36.8 Å². The first-order chi connectivity index (χ1) is 8.79. The van der Waals surface area contributed by atoms with Gasteiger partial charge < -0.3 is 10.1 Å². The molecule has 0 amide bonds. The van der Waals surface area contributed by atoms with Crippen molar-refractivity contribution >= 4 is 17.7 Å². The van der Waals surface area contributed by atoms with Crippen molar-refractivity contribution in [1.29, 1.82) is 0 Å². The lowest BCUT2D eigenvalue weighted by Crippen LogP contribution is -2.06. The number of anilines is 2. The zero-order valence-corrected chi connectivity index (χ0v) is 9.83. The van der Waals surface area contributed by atoms with Gasteiger partial charge in [-0.1, -0.05) is 0 Å². The SMILES string of the molecule is CCOC(=O)c1ccnc(Nc2ncccn2)c1. The molecule has 2 rings (SSSR count). The lowest BCUT2D eigenvalue weighted by atomic mass is 10.2. The summed E-state index contributed by atoms with van der Waals surface area (Å²) in [5, 5.41) is 2.90. The number of carbonyl (C=O) groups excluding carboxylic acids is 1. The van der Waals surface area contributed by atoms with Gasteiger partial charge in [0.2, 0.25) is 5.95 Å². The molecule has 0 spiro atoms. The minimum atomic E-state index is -0.378. The molecule has 6 nitrogen and oxygen atoms in total. The number of rotatable bonds is 4. The third-order valence-corrected chi connectivity index (χ3v) is 2.08. The second kappa shape index (κ2) is 5.72. The summed E-state index contributed by atoms with van der Waals surface area (Å²) in [6.45, 7) is 2.10. The van der Waals surface area contributed by atoms with Crippen LogP contribution in [-0.2, 0) is 4.74 Å². The lowest BCUT2D eigenvalue weighted by Gasteiger charge is -2.05. The van der Waals surface area contributed by atoms with Gasteiger partial charge in [0.05, 0.1) is 12.2 Å². The second-order valence-corrected chi connectivity index (χ2v) is 3.35. The lowest BCUT2D eigenvalue weighted by molar-refractivity contribution is 0.0526.